The quantitative estimate of drug-likeness (QED) is 0.0324. The number of nitrogens with zero attached hydrogens (tertiary/aromatic N) is 6. The molecule has 0 bridgehead atoms. The van der Waals surface area contributed by atoms with E-state index in [2.05, 4.69) is 21.3 Å². The van der Waals surface area contributed by atoms with E-state index in [1.54, 1.807) is 42.9 Å². The molecule has 0 saturated carbocycles. The third-order valence-corrected chi connectivity index (χ3v) is 22.5. The Morgan fingerprint density at radius 1 is 0.327 bits per heavy atom. The zero-order valence-corrected chi connectivity index (χ0v) is 70.7. The largest absolute Gasteiger partial charge is 0.377 e. The second-order valence-electron chi connectivity index (χ2n) is 31.6. The van der Waals surface area contributed by atoms with Gasteiger partial charge in [-0.05, 0) is 200 Å². The first-order valence-corrected chi connectivity index (χ1v) is 39.9. The Morgan fingerprint density at radius 3 is 0.766 bits per heavy atom. The van der Waals surface area contributed by atoms with Gasteiger partial charge in [-0.3, -0.25) is 48.3 Å². The van der Waals surface area contributed by atoms with E-state index in [-0.39, 0.29) is 96.0 Å². The van der Waals surface area contributed by atoms with Crippen molar-refractivity contribution < 1.29 is 91.8 Å². The lowest BCUT2D eigenvalue weighted by atomic mass is 10.1. The van der Waals surface area contributed by atoms with Crippen molar-refractivity contribution >= 4 is 73.3 Å². The Morgan fingerprint density at radius 2 is 0.570 bits per heavy atom. The fourth-order valence-electron chi connectivity index (χ4n) is 12.9. The Labute approximate surface area is 647 Å². The highest BCUT2D eigenvalue weighted by molar-refractivity contribution is 7.87. The molecule has 0 radical (unpaired) electrons. The van der Waals surface area contributed by atoms with Crippen molar-refractivity contribution in [2.24, 2.45) is 0 Å². The summed E-state index contributed by atoms with van der Waals surface area (Å²) in [4.78, 5) is 68.6. The number of carbonyl (C=O) groups excluding carboxylic acids is 5. The molecule has 0 aromatic heterocycles. The van der Waals surface area contributed by atoms with Gasteiger partial charge in [0.25, 0.3) is 20.2 Å². The van der Waals surface area contributed by atoms with Gasteiger partial charge < -0.3 is 67.5 Å². The van der Waals surface area contributed by atoms with Gasteiger partial charge in [-0.1, -0.05) is 35.4 Å². The average Bonchev–Trinajstić information content (AvgIpc) is 1.60. The van der Waals surface area contributed by atoms with Crippen LogP contribution in [0.3, 0.4) is 0 Å². The lowest BCUT2D eigenvalue weighted by Gasteiger charge is -2.35. The number of rotatable bonds is 40. The minimum Gasteiger partial charge on any atom is -0.377 e. The van der Waals surface area contributed by atoms with Crippen LogP contribution in [0.25, 0.3) is 0 Å². The number of hydrogen-bond acceptors (Lipinski definition) is 25. The summed E-state index contributed by atoms with van der Waals surface area (Å²) in [6.07, 6.45) is 0. The van der Waals surface area contributed by atoms with E-state index in [1.165, 1.54) is 24.3 Å². The third kappa shape index (κ3) is 27.8. The molecule has 5 heterocycles. The van der Waals surface area contributed by atoms with Crippen LogP contribution in [0, 0.1) is 13.8 Å². The first-order chi connectivity index (χ1) is 49.3. The monoisotopic (exact) mass is 1600 g/mol. The molecule has 107 heavy (non-hydrogen) atoms. The van der Waals surface area contributed by atoms with E-state index >= 15 is 0 Å². The average molecular weight is 1600 g/mol. The van der Waals surface area contributed by atoms with Gasteiger partial charge in [-0.15, -0.1) is 0 Å². The van der Waals surface area contributed by atoms with Gasteiger partial charge in [-0.25, -0.2) is 0 Å². The predicted molar refractivity (Wildman–Crippen MR) is 407 cm³/mol. The van der Waals surface area contributed by atoms with Crippen LogP contribution in [-0.4, -0.2) is 289 Å². The summed E-state index contributed by atoms with van der Waals surface area (Å²) in [5, 5.41) is 12.7. The second kappa shape index (κ2) is 40.4. The summed E-state index contributed by atoms with van der Waals surface area (Å²) in [6.45, 7) is 50.4. The molecule has 30 nitrogen and oxygen atoms in total. The predicted octanol–water partition coefficient (Wildman–Crippen LogP) is 6.28. The molecule has 0 spiro atoms. The fourth-order valence-corrected chi connectivity index (χ4v) is 15.0. The van der Waals surface area contributed by atoms with Crippen molar-refractivity contribution in [3.8, 4) is 0 Å². The number of halogens is 2. The smallest absolute Gasteiger partial charge is 0.297 e. The van der Waals surface area contributed by atoms with Crippen molar-refractivity contribution in [1.82, 2.24) is 49.7 Å². The van der Waals surface area contributed by atoms with Gasteiger partial charge in [0.15, 0.2) is 0 Å². The Balaban J connectivity index is 0.000000317. The van der Waals surface area contributed by atoms with Crippen LogP contribution in [0.5, 0.6) is 0 Å². The molecule has 5 saturated heterocycles. The number of benzene rings is 2. The molecule has 0 aliphatic carbocycles. The maximum atomic E-state index is 12.6. The highest BCUT2D eigenvalue weighted by Gasteiger charge is 2.57. The molecule has 5 aliphatic rings. The first-order valence-electron chi connectivity index (χ1n) is 36.4. The van der Waals surface area contributed by atoms with Crippen molar-refractivity contribution in [2.45, 2.75) is 218 Å². The minimum absolute atomic E-state index is 0.0131. The van der Waals surface area contributed by atoms with Crippen molar-refractivity contribution in [3.05, 3.63) is 59.7 Å². The highest BCUT2D eigenvalue weighted by Crippen LogP contribution is 2.41. The number of amides is 5. The summed E-state index contributed by atoms with van der Waals surface area (Å²) in [7, 11) is -7.58. The SMILES string of the molecule is CC1(C)C(=O)N(CCOCCOCCOCCN2C(=O)C(C)(C)N(Cl)C2(C)C)C(C)(C)N1Cl.CC1(C)NC(=O)C(C)(C)N1.CC1(C)NC(C)(C)N(CCOCCOCCOCCN2C(=O)C(C)(C)NC2(C)C)C1=O.Cc1ccc(S(=O)(=O)OCCOCCOCCOCCOS(=O)(=O)c2ccc(C)cc2)cc1. The zero-order valence-electron chi connectivity index (χ0n) is 67.5. The maximum absolute atomic E-state index is 12.6. The zero-order chi connectivity index (χ0) is 80.9. The van der Waals surface area contributed by atoms with Crippen LogP contribution >= 0.6 is 23.6 Å². The molecule has 0 atom stereocenters. The summed E-state index contributed by atoms with van der Waals surface area (Å²) < 4.78 is 110. The van der Waals surface area contributed by atoms with Gasteiger partial charge in [0.05, 0.1) is 176 Å². The molecule has 2 aromatic carbocycles. The number of carbonyl (C=O) groups is 5. The summed E-state index contributed by atoms with van der Waals surface area (Å²) in [6, 6.07) is 12.8. The molecule has 5 amide bonds. The van der Waals surface area contributed by atoms with E-state index in [0.29, 0.717) is 119 Å². The summed E-state index contributed by atoms with van der Waals surface area (Å²) in [5.74, 6) is 0.222. The lowest BCUT2D eigenvalue weighted by molar-refractivity contribution is -0.135. The Bertz CT molecular complexity index is 3200. The van der Waals surface area contributed by atoms with Gasteiger partial charge >= 0.3 is 0 Å². The molecule has 5 aliphatic heterocycles. The molecular weight excluding hydrogens is 1470 g/mol. The lowest BCUT2D eigenvalue weighted by Crippen LogP contribution is -2.49. The molecule has 5 fully saturated rings. The number of nitrogens with one attached hydrogen (secondary N) is 4. The van der Waals surface area contributed by atoms with Gasteiger partial charge in [-0.2, -0.15) is 25.7 Å². The van der Waals surface area contributed by atoms with E-state index < -0.39 is 59.3 Å². The van der Waals surface area contributed by atoms with Crippen LogP contribution in [-0.2, 0) is 95.2 Å². The second-order valence-corrected chi connectivity index (χ2v) is 35.5. The van der Waals surface area contributed by atoms with Crippen molar-refractivity contribution in [2.75, 3.05) is 158 Å². The fraction of sp³-hybridized carbons (Fsp3) is 0.767. The first kappa shape index (κ1) is 95.0. The molecule has 0 unspecified atom stereocenters. The van der Waals surface area contributed by atoms with Crippen LogP contribution in [0.15, 0.2) is 58.3 Å². The third-order valence-electron chi connectivity index (χ3n) is 18.2. The van der Waals surface area contributed by atoms with E-state index in [1.807, 2.05) is 162 Å². The number of hydrogen-bond donors (Lipinski definition) is 4. The van der Waals surface area contributed by atoms with Gasteiger partial charge in [0.2, 0.25) is 29.5 Å². The normalized spacial score (nSPS) is 20.8. The van der Waals surface area contributed by atoms with Gasteiger partial charge in [0.1, 0.15) is 22.4 Å². The molecular formula is C73H126Cl2N10O20S2. The number of ether oxygens (including phenoxy) is 9. The van der Waals surface area contributed by atoms with Crippen molar-refractivity contribution in [3.63, 3.8) is 0 Å². The number of aryl methyl sites for hydroxylation is 2. The van der Waals surface area contributed by atoms with Crippen LogP contribution < -0.4 is 21.3 Å². The molecule has 34 heteroatoms. The molecule has 614 valence electrons. The summed E-state index contributed by atoms with van der Waals surface area (Å²) >= 11 is 12.7. The van der Waals surface area contributed by atoms with Crippen LogP contribution in [0.1, 0.15) is 150 Å². The Kier molecular flexibility index (Phi) is 35.9. The molecule has 4 N–H and O–H groups in total. The van der Waals surface area contributed by atoms with Gasteiger partial charge in [0, 0.05) is 26.2 Å². The van der Waals surface area contributed by atoms with E-state index in [9.17, 15) is 40.8 Å². The molecule has 7 rings (SSSR count). The van der Waals surface area contributed by atoms with Crippen LogP contribution in [0.2, 0.25) is 0 Å². The Hall–Kier alpha value is -4.37. The maximum Gasteiger partial charge on any atom is 0.297 e. The minimum atomic E-state index is -3.79. The van der Waals surface area contributed by atoms with E-state index in [0.717, 1.165) is 11.1 Å². The topological polar surface area (TPSA) is 323 Å². The van der Waals surface area contributed by atoms with Crippen LogP contribution in [0.4, 0.5) is 0 Å². The summed E-state index contributed by atoms with van der Waals surface area (Å²) in [5.41, 5.74) is -3.23. The highest BCUT2D eigenvalue weighted by atomic mass is 35.5. The standard InChI is InChI=1S/C22H40Cl2N4O5.C22H42N4O5.C22H30O9S2.C7H14N2O/c1-19(2)17(29)25(21(5,6)27(19)23)9-11-31-13-15-33-16-14-32-12-10-26-18(30)20(3,4)28(24)22(26,7)8;1-19(2)17(27)25(21(5,6)23-19)9-11-29-13-15-31-16-14-30-12-10-26-18(28)20(3,4)24-22(26,7)8;1-19-3-7-21(8-4-19)32(23,24)30-17-15-28-13-11-27-12-14-29-16-18-31-33(25,26)22-9-5-20(2)6-10-22;1-6(2)5(10)8-7(3,4)9-6/h9-16H2,1-8H3;23-24H,9-16H2,1-8H3;3-10H,11-18H2,1-2H3;9H,1-4H3,(H,8,10). The van der Waals surface area contributed by atoms with Crippen molar-refractivity contribution in [1.29, 1.82) is 0 Å². The van der Waals surface area contributed by atoms with E-state index in [4.69, 9.17) is 74.6 Å². The molecule has 2 aromatic rings.